The van der Waals surface area contributed by atoms with Gasteiger partial charge in [0.25, 0.3) is 5.91 Å². The number of hydrogen-bond donors (Lipinski definition) is 1. The molecule has 0 radical (unpaired) electrons. The van der Waals surface area contributed by atoms with Gasteiger partial charge in [-0.05, 0) is 38.8 Å². The number of rotatable bonds is 4. The van der Waals surface area contributed by atoms with Crippen LogP contribution in [0.2, 0.25) is 0 Å². The Morgan fingerprint density at radius 2 is 2.14 bits per heavy atom. The monoisotopic (exact) mass is 300 g/mol. The molecule has 2 aromatic rings. The van der Waals surface area contributed by atoms with Gasteiger partial charge in [0.1, 0.15) is 0 Å². The molecule has 1 atom stereocenters. The molecule has 3 rings (SSSR count). The van der Waals surface area contributed by atoms with Gasteiger partial charge in [-0.3, -0.25) is 4.79 Å². The molecule has 0 aliphatic carbocycles. The maximum absolute atomic E-state index is 12.2. The molecule has 6 heteroatoms. The van der Waals surface area contributed by atoms with Crippen molar-refractivity contribution >= 4 is 5.91 Å². The number of amides is 1. The lowest BCUT2D eigenvalue weighted by Crippen LogP contribution is -2.32. The van der Waals surface area contributed by atoms with E-state index in [4.69, 9.17) is 4.74 Å². The first-order valence-corrected chi connectivity index (χ1v) is 7.54. The van der Waals surface area contributed by atoms with Crippen LogP contribution in [-0.2, 0) is 4.74 Å². The van der Waals surface area contributed by atoms with Crippen molar-refractivity contribution in [3.05, 3.63) is 41.2 Å². The molecule has 1 aliphatic rings. The van der Waals surface area contributed by atoms with Gasteiger partial charge in [-0.15, -0.1) is 5.10 Å². The third-order valence-electron chi connectivity index (χ3n) is 3.90. The summed E-state index contributed by atoms with van der Waals surface area (Å²) < 4.78 is 7.18. The second kappa shape index (κ2) is 6.27. The molecule has 1 amide bonds. The highest BCUT2D eigenvalue weighted by atomic mass is 16.5. The molecule has 1 N–H and O–H groups in total. The molecule has 116 valence electrons. The van der Waals surface area contributed by atoms with Crippen molar-refractivity contribution in [2.24, 2.45) is 0 Å². The van der Waals surface area contributed by atoms with E-state index in [1.165, 1.54) is 5.56 Å². The van der Waals surface area contributed by atoms with Crippen LogP contribution in [0.15, 0.2) is 24.3 Å². The minimum absolute atomic E-state index is 0.122. The fourth-order valence-electron chi connectivity index (χ4n) is 2.57. The molecule has 1 aromatic carbocycles. The standard InChI is InChI=1S/C16H20N4O2/c1-11-5-7-13(8-6-11)20-12(2)15(18-19-20)16(21)17-10-14-4-3-9-22-14/h5-8,14H,3-4,9-10H2,1-2H3,(H,17,21)/t14-/m1/s1. The van der Waals surface area contributed by atoms with Gasteiger partial charge in [0.2, 0.25) is 0 Å². The lowest BCUT2D eigenvalue weighted by Gasteiger charge is -2.10. The Balaban J connectivity index is 1.72. The summed E-state index contributed by atoms with van der Waals surface area (Å²) in [5, 5.41) is 11.0. The summed E-state index contributed by atoms with van der Waals surface area (Å²) in [6, 6.07) is 7.94. The van der Waals surface area contributed by atoms with E-state index in [0.29, 0.717) is 12.2 Å². The summed E-state index contributed by atoms with van der Waals surface area (Å²) in [4.78, 5) is 12.2. The van der Waals surface area contributed by atoms with Crippen molar-refractivity contribution in [2.45, 2.75) is 32.8 Å². The van der Waals surface area contributed by atoms with Gasteiger partial charge in [-0.1, -0.05) is 22.9 Å². The van der Waals surface area contributed by atoms with E-state index in [1.807, 2.05) is 38.1 Å². The summed E-state index contributed by atoms with van der Waals surface area (Å²) in [7, 11) is 0. The summed E-state index contributed by atoms with van der Waals surface area (Å²) in [6.07, 6.45) is 2.18. The van der Waals surface area contributed by atoms with E-state index in [-0.39, 0.29) is 12.0 Å². The van der Waals surface area contributed by atoms with Crippen molar-refractivity contribution in [1.29, 1.82) is 0 Å². The summed E-state index contributed by atoms with van der Waals surface area (Å²) in [6.45, 7) is 5.18. The van der Waals surface area contributed by atoms with Crippen molar-refractivity contribution in [2.75, 3.05) is 13.2 Å². The third-order valence-corrected chi connectivity index (χ3v) is 3.90. The first-order valence-electron chi connectivity index (χ1n) is 7.54. The van der Waals surface area contributed by atoms with Gasteiger partial charge in [-0.2, -0.15) is 0 Å². The molecule has 0 saturated carbocycles. The van der Waals surface area contributed by atoms with Crippen LogP contribution in [0.4, 0.5) is 0 Å². The van der Waals surface area contributed by atoms with Crippen molar-refractivity contribution in [3.63, 3.8) is 0 Å². The largest absolute Gasteiger partial charge is 0.376 e. The Morgan fingerprint density at radius 1 is 1.36 bits per heavy atom. The maximum Gasteiger partial charge on any atom is 0.273 e. The number of hydrogen-bond acceptors (Lipinski definition) is 4. The molecule has 22 heavy (non-hydrogen) atoms. The highest BCUT2D eigenvalue weighted by Gasteiger charge is 2.20. The fraction of sp³-hybridized carbons (Fsp3) is 0.438. The van der Waals surface area contributed by atoms with Gasteiger partial charge in [0.15, 0.2) is 5.69 Å². The van der Waals surface area contributed by atoms with Gasteiger partial charge in [0.05, 0.1) is 17.5 Å². The van der Waals surface area contributed by atoms with Crippen LogP contribution in [0.5, 0.6) is 0 Å². The van der Waals surface area contributed by atoms with E-state index in [9.17, 15) is 4.79 Å². The average molecular weight is 300 g/mol. The number of benzene rings is 1. The predicted octanol–water partition coefficient (Wildman–Crippen LogP) is 1.79. The maximum atomic E-state index is 12.2. The van der Waals surface area contributed by atoms with Crippen LogP contribution < -0.4 is 5.32 Å². The number of carbonyl (C=O) groups excluding carboxylic acids is 1. The molecule has 6 nitrogen and oxygen atoms in total. The lowest BCUT2D eigenvalue weighted by atomic mass is 10.2. The molecular weight excluding hydrogens is 280 g/mol. The van der Waals surface area contributed by atoms with Crippen molar-refractivity contribution < 1.29 is 9.53 Å². The Hall–Kier alpha value is -2.21. The Kier molecular flexibility index (Phi) is 4.20. The summed E-state index contributed by atoms with van der Waals surface area (Å²) in [5.74, 6) is -0.202. The minimum Gasteiger partial charge on any atom is -0.376 e. The quantitative estimate of drug-likeness (QED) is 0.934. The molecule has 1 saturated heterocycles. The van der Waals surface area contributed by atoms with Gasteiger partial charge in [0, 0.05) is 13.2 Å². The third kappa shape index (κ3) is 3.01. The highest BCUT2D eigenvalue weighted by Crippen LogP contribution is 2.14. The smallest absolute Gasteiger partial charge is 0.273 e. The summed E-state index contributed by atoms with van der Waals surface area (Å²) in [5.41, 5.74) is 3.16. The zero-order chi connectivity index (χ0) is 15.5. The van der Waals surface area contributed by atoms with Crippen molar-refractivity contribution in [1.82, 2.24) is 20.3 Å². The number of carbonyl (C=O) groups is 1. The molecule has 1 fully saturated rings. The molecule has 0 spiro atoms. The molecular formula is C16H20N4O2. The Labute approximate surface area is 129 Å². The van der Waals surface area contributed by atoms with Gasteiger partial charge >= 0.3 is 0 Å². The topological polar surface area (TPSA) is 69.0 Å². The van der Waals surface area contributed by atoms with E-state index in [1.54, 1.807) is 4.68 Å². The highest BCUT2D eigenvalue weighted by molar-refractivity contribution is 5.93. The molecule has 1 aliphatic heterocycles. The van der Waals surface area contributed by atoms with Crippen LogP contribution in [0.3, 0.4) is 0 Å². The predicted molar refractivity (Wildman–Crippen MR) is 82.1 cm³/mol. The normalized spacial score (nSPS) is 17.6. The molecule has 2 heterocycles. The summed E-state index contributed by atoms with van der Waals surface area (Å²) >= 11 is 0. The number of nitrogens with one attached hydrogen (secondary N) is 1. The van der Waals surface area contributed by atoms with Gasteiger partial charge in [-0.25, -0.2) is 4.68 Å². The van der Waals surface area contributed by atoms with Crippen LogP contribution >= 0.6 is 0 Å². The van der Waals surface area contributed by atoms with E-state index < -0.39 is 0 Å². The van der Waals surface area contributed by atoms with Crippen LogP contribution in [0.25, 0.3) is 5.69 Å². The Morgan fingerprint density at radius 3 is 2.82 bits per heavy atom. The Bertz CT molecular complexity index is 657. The van der Waals surface area contributed by atoms with Crippen LogP contribution in [0, 0.1) is 13.8 Å². The second-order valence-electron chi connectivity index (χ2n) is 5.62. The minimum atomic E-state index is -0.202. The second-order valence-corrected chi connectivity index (χ2v) is 5.62. The van der Waals surface area contributed by atoms with E-state index in [0.717, 1.165) is 30.8 Å². The van der Waals surface area contributed by atoms with E-state index in [2.05, 4.69) is 15.6 Å². The first kappa shape index (κ1) is 14.7. The fourth-order valence-corrected chi connectivity index (χ4v) is 2.57. The number of aryl methyl sites for hydroxylation is 1. The van der Waals surface area contributed by atoms with Crippen molar-refractivity contribution in [3.8, 4) is 5.69 Å². The number of aromatic nitrogens is 3. The van der Waals surface area contributed by atoms with E-state index >= 15 is 0 Å². The zero-order valence-electron chi connectivity index (χ0n) is 12.9. The molecule has 1 aromatic heterocycles. The van der Waals surface area contributed by atoms with Gasteiger partial charge < -0.3 is 10.1 Å². The lowest BCUT2D eigenvalue weighted by molar-refractivity contribution is 0.0853. The molecule has 0 unspecified atom stereocenters. The first-order chi connectivity index (χ1) is 10.6. The molecule has 0 bridgehead atoms. The number of ether oxygens (including phenoxy) is 1. The van der Waals surface area contributed by atoms with Crippen LogP contribution in [-0.4, -0.2) is 40.2 Å². The zero-order valence-corrected chi connectivity index (χ0v) is 12.9. The average Bonchev–Trinajstić information content (AvgIpc) is 3.15. The van der Waals surface area contributed by atoms with Crippen LogP contribution in [0.1, 0.15) is 34.6 Å². The number of nitrogens with zero attached hydrogens (tertiary/aromatic N) is 3. The SMILES string of the molecule is Cc1ccc(-n2nnc(C(=O)NC[C@H]3CCCO3)c2C)cc1.